The van der Waals surface area contributed by atoms with Crippen molar-refractivity contribution in [1.29, 1.82) is 0 Å². The summed E-state index contributed by atoms with van der Waals surface area (Å²) in [6.45, 7) is 0.812. The quantitative estimate of drug-likeness (QED) is 0.372. The van der Waals surface area contributed by atoms with Crippen LogP contribution in [0.4, 0.5) is 0 Å². The third kappa shape index (κ3) is 4.60. The summed E-state index contributed by atoms with van der Waals surface area (Å²) in [6, 6.07) is 22.6. The summed E-state index contributed by atoms with van der Waals surface area (Å²) in [4.78, 5) is 32.5. The Kier molecular flexibility index (Phi) is 6.54. The van der Waals surface area contributed by atoms with E-state index in [1.807, 2.05) is 54.6 Å². The van der Waals surface area contributed by atoms with Crippen LogP contribution in [0.25, 0.3) is 22.2 Å². The van der Waals surface area contributed by atoms with Crippen molar-refractivity contribution in [2.24, 2.45) is 0 Å². The minimum absolute atomic E-state index is 0.212. The third-order valence-corrected chi connectivity index (χ3v) is 6.43. The second-order valence-corrected chi connectivity index (χ2v) is 8.55. The van der Waals surface area contributed by atoms with Gasteiger partial charge in [0, 0.05) is 24.0 Å². The van der Waals surface area contributed by atoms with E-state index in [4.69, 9.17) is 19.2 Å². The highest BCUT2D eigenvalue weighted by Crippen LogP contribution is 2.33. The Balaban J connectivity index is 1.38. The minimum atomic E-state index is -0.568. The maximum Gasteiger partial charge on any atom is 0.339 e. The molecule has 0 fully saturated rings. The molecule has 3 aromatic carbocycles. The molecule has 1 aliphatic rings. The van der Waals surface area contributed by atoms with Gasteiger partial charge in [-0.15, -0.1) is 0 Å². The van der Waals surface area contributed by atoms with Crippen LogP contribution in [0.2, 0.25) is 0 Å². The van der Waals surface area contributed by atoms with Crippen LogP contribution in [0.3, 0.4) is 0 Å². The number of rotatable bonds is 6. The van der Waals surface area contributed by atoms with E-state index in [0.717, 1.165) is 17.5 Å². The number of fused-ring (bicyclic) bond motifs is 2. The van der Waals surface area contributed by atoms with E-state index >= 15 is 0 Å². The molecule has 7 heteroatoms. The minimum Gasteiger partial charge on any atom is -0.493 e. The fourth-order valence-corrected chi connectivity index (χ4v) is 4.49. The number of pyridine rings is 1. The van der Waals surface area contributed by atoms with E-state index in [1.165, 1.54) is 5.56 Å². The number of hydrogen-bond donors (Lipinski definition) is 0. The number of carbonyl (C=O) groups excluding carboxylic acids is 2. The molecule has 0 saturated carbocycles. The molecular formula is C29H26N2O5. The second-order valence-electron chi connectivity index (χ2n) is 8.55. The molecular weight excluding hydrogens is 456 g/mol. The van der Waals surface area contributed by atoms with Gasteiger partial charge in [-0.2, -0.15) is 0 Å². The number of para-hydroxylation sites is 1. The van der Waals surface area contributed by atoms with Crippen molar-refractivity contribution in [3.63, 3.8) is 0 Å². The van der Waals surface area contributed by atoms with E-state index in [9.17, 15) is 9.59 Å². The molecule has 36 heavy (non-hydrogen) atoms. The van der Waals surface area contributed by atoms with E-state index in [1.54, 1.807) is 31.3 Å². The van der Waals surface area contributed by atoms with Crippen LogP contribution in [-0.4, -0.2) is 49.1 Å². The summed E-state index contributed by atoms with van der Waals surface area (Å²) in [5, 5.41) is 0.658. The molecule has 0 N–H and O–H groups in total. The topological polar surface area (TPSA) is 78.0 Å². The number of ether oxygens (including phenoxy) is 3. The van der Waals surface area contributed by atoms with Gasteiger partial charge < -0.3 is 19.1 Å². The summed E-state index contributed by atoms with van der Waals surface area (Å²) in [6.07, 6.45) is 0.791. The van der Waals surface area contributed by atoms with E-state index in [-0.39, 0.29) is 12.5 Å². The Hall–Kier alpha value is -4.39. The molecule has 0 saturated heterocycles. The summed E-state index contributed by atoms with van der Waals surface area (Å²) in [5.74, 6) is 0.376. The largest absolute Gasteiger partial charge is 0.493 e. The lowest BCUT2D eigenvalue weighted by Crippen LogP contribution is -2.38. The number of hydrogen-bond acceptors (Lipinski definition) is 6. The zero-order valence-corrected chi connectivity index (χ0v) is 20.2. The van der Waals surface area contributed by atoms with E-state index in [0.29, 0.717) is 46.7 Å². The highest BCUT2D eigenvalue weighted by Gasteiger charge is 2.23. The zero-order chi connectivity index (χ0) is 25.1. The van der Waals surface area contributed by atoms with Crippen LogP contribution in [-0.2, 0) is 22.5 Å². The summed E-state index contributed by atoms with van der Waals surface area (Å²) >= 11 is 0. The van der Waals surface area contributed by atoms with Crippen molar-refractivity contribution in [3.8, 4) is 22.8 Å². The standard InChI is InChI=1S/C29H26N2O5/c1-34-26-12-11-20(15-27(26)35-2)25-16-23(22-9-5-6-10-24(22)30-25)29(33)36-18-28(32)31-14-13-19-7-3-4-8-21(19)17-31/h3-12,15-16H,13-14,17-18H2,1-2H3. The molecule has 0 spiro atoms. The Labute approximate surface area is 209 Å². The van der Waals surface area contributed by atoms with Gasteiger partial charge in [0.25, 0.3) is 5.91 Å². The lowest BCUT2D eigenvalue weighted by molar-refractivity contribution is -0.135. The predicted octanol–water partition coefficient (Wildman–Crippen LogP) is 4.66. The number of aromatic nitrogens is 1. The van der Waals surface area contributed by atoms with Crippen LogP contribution in [0, 0.1) is 0 Å². The third-order valence-electron chi connectivity index (χ3n) is 6.43. The van der Waals surface area contributed by atoms with Gasteiger partial charge in [0.15, 0.2) is 18.1 Å². The zero-order valence-electron chi connectivity index (χ0n) is 20.2. The number of carbonyl (C=O) groups is 2. The van der Waals surface area contributed by atoms with Gasteiger partial charge in [0.05, 0.1) is 31.0 Å². The summed E-state index contributed by atoms with van der Waals surface area (Å²) < 4.78 is 16.3. The normalized spacial score (nSPS) is 12.7. The highest BCUT2D eigenvalue weighted by molar-refractivity contribution is 6.05. The number of benzene rings is 3. The van der Waals surface area contributed by atoms with Gasteiger partial charge in [0.1, 0.15) is 0 Å². The molecule has 1 aliphatic heterocycles. The average molecular weight is 483 g/mol. The molecule has 1 aromatic heterocycles. The molecule has 4 aromatic rings. The first-order chi connectivity index (χ1) is 17.6. The molecule has 0 atom stereocenters. The molecule has 0 radical (unpaired) electrons. The van der Waals surface area contributed by atoms with Gasteiger partial charge in [-0.3, -0.25) is 4.79 Å². The smallest absolute Gasteiger partial charge is 0.339 e. The first-order valence-electron chi connectivity index (χ1n) is 11.7. The number of methoxy groups -OCH3 is 2. The number of amides is 1. The molecule has 2 heterocycles. The molecule has 1 amide bonds. The van der Waals surface area contributed by atoms with Crippen molar-refractivity contribution in [1.82, 2.24) is 9.88 Å². The van der Waals surface area contributed by atoms with Crippen molar-refractivity contribution in [3.05, 3.63) is 89.5 Å². The van der Waals surface area contributed by atoms with Crippen molar-refractivity contribution >= 4 is 22.8 Å². The maximum absolute atomic E-state index is 13.2. The monoisotopic (exact) mass is 482 g/mol. The summed E-state index contributed by atoms with van der Waals surface area (Å²) in [7, 11) is 3.14. The van der Waals surface area contributed by atoms with Gasteiger partial charge >= 0.3 is 5.97 Å². The SMILES string of the molecule is COc1ccc(-c2cc(C(=O)OCC(=O)N3CCc4ccccc4C3)c3ccccc3n2)cc1OC. The molecule has 0 aliphatic carbocycles. The van der Waals surface area contributed by atoms with Crippen LogP contribution in [0.5, 0.6) is 11.5 Å². The Bertz CT molecular complexity index is 1450. The van der Waals surface area contributed by atoms with E-state index in [2.05, 4.69) is 6.07 Å². The Morgan fingerprint density at radius 2 is 1.64 bits per heavy atom. The van der Waals surface area contributed by atoms with Crippen LogP contribution in [0.1, 0.15) is 21.5 Å². The molecule has 7 nitrogen and oxygen atoms in total. The van der Waals surface area contributed by atoms with Gasteiger partial charge in [-0.05, 0) is 47.9 Å². The van der Waals surface area contributed by atoms with E-state index < -0.39 is 5.97 Å². The summed E-state index contributed by atoms with van der Waals surface area (Å²) in [5.41, 5.74) is 4.72. The number of nitrogens with zero attached hydrogens (tertiary/aromatic N) is 2. The number of esters is 1. The first-order valence-corrected chi connectivity index (χ1v) is 11.7. The lowest BCUT2D eigenvalue weighted by atomic mass is 10.00. The van der Waals surface area contributed by atoms with Gasteiger partial charge in [-0.25, -0.2) is 9.78 Å². The molecule has 0 bridgehead atoms. The van der Waals surface area contributed by atoms with Gasteiger partial charge in [-0.1, -0.05) is 42.5 Å². The van der Waals surface area contributed by atoms with Crippen molar-refractivity contribution < 1.29 is 23.8 Å². The van der Waals surface area contributed by atoms with Crippen LogP contribution >= 0.6 is 0 Å². The van der Waals surface area contributed by atoms with Crippen molar-refractivity contribution in [2.75, 3.05) is 27.4 Å². The van der Waals surface area contributed by atoms with Crippen molar-refractivity contribution in [2.45, 2.75) is 13.0 Å². The average Bonchev–Trinajstić information content (AvgIpc) is 2.94. The molecule has 0 unspecified atom stereocenters. The Morgan fingerprint density at radius 1 is 0.889 bits per heavy atom. The maximum atomic E-state index is 13.2. The molecule has 182 valence electrons. The lowest BCUT2D eigenvalue weighted by Gasteiger charge is -2.28. The fourth-order valence-electron chi connectivity index (χ4n) is 4.49. The predicted molar refractivity (Wildman–Crippen MR) is 136 cm³/mol. The second kappa shape index (κ2) is 10.1. The van der Waals surface area contributed by atoms with Gasteiger partial charge in [0.2, 0.25) is 0 Å². The Morgan fingerprint density at radius 3 is 2.44 bits per heavy atom. The van der Waals surface area contributed by atoms with Crippen LogP contribution < -0.4 is 9.47 Å². The van der Waals surface area contributed by atoms with Crippen LogP contribution in [0.15, 0.2) is 72.8 Å². The molecule has 5 rings (SSSR count). The first kappa shape index (κ1) is 23.4. The highest BCUT2D eigenvalue weighted by atomic mass is 16.5. The fraction of sp³-hybridized carbons (Fsp3) is 0.207.